The van der Waals surface area contributed by atoms with Crippen LogP contribution in [0.15, 0.2) is 41.2 Å². The molecule has 1 aromatic carbocycles. The predicted molar refractivity (Wildman–Crippen MR) is 115 cm³/mol. The molecule has 0 amide bonds. The topological polar surface area (TPSA) is 65.2 Å². The van der Waals surface area contributed by atoms with Crippen molar-refractivity contribution >= 4 is 34.0 Å². The molecule has 2 fully saturated rings. The number of anilines is 2. The average molecular weight is 424 g/mol. The lowest BCUT2D eigenvalue weighted by Crippen LogP contribution is -2.32. The summed E-state index contributed by atoms with van der Waals surface area (Å²) in [5, 5.41) is 10.1. The van der Waals surface area contributed by atoms with Crippen molar-refractivity contribution in [2.45, 2.75) is 0 Å². The molecule has 0 radical (unpaired) electrons. The van der Waals surface area contributed by atoms with E-state index in [-0.39, 0.29) is 16.9 Å². The van der Waals surface area contributed by atoms with Gasteiger partial charge in [-0.3, -0.25) is 4.79 Å². The summed E-state index contributed by atoms with van der Waals surface area (Å²) in [6.45, 7) is 3.16. The highest BCUT2D eigenvalue weighted by Crippen LogP contribution is 2.38. The van der Waals surface area contributed by atoms with Crippen molar-refractivity contribution in [1.29, 1.82) is 5.26 Å². The van der Waals surface area contributed by atoms with E-state index in [1.807, 2.05) is 12.1 Å². The van der Waals surface area contributed by atoms with Crippen molar-refractivity contribution in [3.05, 3.63) is 63.3 Å². The van der Waals surface area contributed by atoms with Gasteiger partial charge in [-0.2, -0.15) is 5.26 Å². The lowest BCUT2D eigenvalue weighted by atomic mass is 10.0. The minimum Gasteiger partial charge on any atom is -0.371 e. The third-order valence-electron chi connectivity index (χ3n) is 6.29. The number of pyridine rings is 2. The van der Waals surface area contributed by atoms with E-state index in [2.05, 4.69) is 20.9 Å². The van der Waals surface area contributed by atoms with Crippen LogP contribution in [0.3, 0.4) is 0 Å². The number of hydrogen-bond acceptors (Lipinski definition) is 5. The molecule has 2 atom stereocenters. The molecule has 4 heterocycles. The molecule has 3 aromatic rings. The number of rotatable bonds is 2. The van der Waals surface area contributed by atoms with E-state index in [0.717, 1.165) is 31.9 Å². The van der Waals surface area contributed by atoms with Crippen LogP contribution < -0.4 is 15.4 Å². The van der Waals surface area contributed by atoms with Gasteiger partial charge >= 0.3 is 0 Å². The normalized spacial score (nSPS) is 20.6. The van der Waals surface area contributed by atoms with Crippen LogP contribution >= 0.6 is 11.6 Å². The average Bonchev–Trinajstić information content (AvgIpc) is 3.30. The predicted octanol–water partition coefficient (Wildman–Crippen LogP) is 3.17. The van der Waals surface area contributed by atoms with Gasteiger partial charge < -0.3 is 14.4 Å². The Labute approximate surface area is 177 Å². The molecular weight excluding hydrogens is 405 g/mol. The minimum atomic E-state index is -0.325. The second-order valence-electron chi connectivity index (χ2n) is 8.01. The Hall–Kier alpha value is -3.11. The van der Waals surface area contributed by atoms with Crippen molar-refractivity contribution in [3.63, 3.8) is 0 Å². The molecule has 2 aliphatic rings. The van der Waals surface area contributed by atoms with Crippen LogP contribution in [0.1, 0.15) is 5.56 Å². The molecule has 2 saturated heterocycles. The third-order valence-corrected chi connectivity index (χ3v) is 6.50. The Morgan fingerprint density at radius 2 is 1.70 bits per heavy atom. The molecule has 2 aromatic heterocycles. The van der Waals surface area contributed by atoms with E-state index in [4.69, 9.17) is 11.6 Å². The first-order valence-electron chi connectivity index (χ1n) is 9.81. The summed E-state index contributed by atoms with van der Waals surface area (Å²) in [6, 6.07) is 12.1. The maximum atomic E-state index is 13.2. The van der Waals surface area contributed by atoms with Gasteiger partial charge in [-0.1, -0.05) is 11.6 Å². The molecule has 5 rings (SSSR count). The number of aromatic nitrogens is 2. The van der Waals surface area contributed by atoms with E-state index < -0.39 is 0 Å². The van der Waals surface area contributed by atoms with E-state index in [9.17, 15) is 14.4 Å². The van der Waals surface area contributed by atoms with E-state index in [1.54, 1.807) is 19.2 Å². The van der Waals surface area contributed by atoms with Crippen LogP contribution in [0, 0.1) is 29.0 Å². The van der Waals surface area contributed by atoms with Gasteiger partial charge in [0.05, 0.1) is 11.2 Å². The zero-order valence-electron chi connectivity index (χ0n) is 16.3. The van der Waals surface area contributed by atoms with E-state index in [1.165, 1.54) is 16.7 Å². The van der Waals surface area contributed by atoms with Gasteiger partial charge in [0.25, 0.3) is 5.56 Å². The first kappa shape index (κ1) is 18.9. The summed E-state index contributed by atoms with van der Waals surface area (Å²) in [4.78, 5) is 21.7. The van der Waals surface area contributed by atoms with Crippen molar-refractivity contribution in [2.24, 2.45) is 18.9 Å². The largest absolute Gasteiger partial charge is 0.371 e. The Balaban J connectivity index is 1.50. The zero-order valence-corrected chi connectivity index (χ0v) is 17.1. The fraction of sp³-hybridized carbons (Fsp3) is 0.318. The quantitative estimate of drug-likeness (QED) is 0.592. The maximum absolute atomic E-state index is 13.2. The van der Waals surface area contributed by atoms with Gasteiger partial charge in [0, 0.05) is 50.7 Å². The summed E-state index contributed by atoms with van der Waals surface area (Å²) in [5.41, 5.74) is 2.62. The second-order valence-corrected chi connectivity index (χ2v) is 8.40. The number of hydrogen-bond donors (Lipinski definition) is 0. The van der Waals surface area contributed by atoms with Crippen LogP contribution in [-0.2, 0) is 7.05 Å². The van der Waals surface area contributed by atoms with E-state index >= 15 is 0 Å². The zero-order chi connectivity index (χ0) is 21.0. The Bertz CT molecular complexity index is 1240. The Morgan fingerprint density at radius 1 is 1.07 bits per heavy atom. The summed E-state index contributed by atoms with van der Waals surface area (Å²) in [5.74, 6) is 0.539. The van der Waals surface area contributed by atoms with Gasteiger partial charge in [0.1, 0.15) is 28.1 Å². The number of benzene rings is 1. The van der Waals surface area contributed by atoms with Crippen molar-refractivity contribution < 1.29 is 4.39 Å². The molecule has 6 nitrogen and oxygen atoms in total. The molecule has 0 unspecified atom stereocenters. The van der Waals surface area contributed by atoms with Crippen molar-refractivity contribution in [1.82, 2.24) is 9.55 Å². The summed E-state index contributed by atoms with van der Waals surface area (Å²) >= 11 is 6.15. The molecule has 0 N–H and O–H groups in total. The van der Waals surface area contributed by atoms with Gasteiger partial charge in [0.2, 0.25) is 0 Å². The summed E-state index contributed by atoms with van der Waals surface area (Å²) in [6.07, 6.45) is 0. The second kappa shape index (κ2) is 6.99. The van der Waals surface area contributed by atoms with Crippen molar-refractivity contribution in [3.8, 4) is 6.07 Å². The van der Waals surface area contributed by atoms with Crippen LogP contribution in [0.4, 0.5) is 15.8 Å². The maximum Gasteiger partial charge on any atom is 0.270 e. The molecule has 2 aliphatic heterocycles. The standard InChI is InChI=1S/C22H19ClFN5O/c1-27-18-6-7-19(23)26-20(18)21(17(8-25)22(27)30)29-11-13-9-28(10-14(13)12-29)16-4-2-15(24)3-5-16/h2-7,13-14H,9-12H2,1H3/t13-,14-/m1/s1. The fourth-order valence-electron chi connectivity index (χ4n) is 4.82. The lowest BCUT2D eigenvalue weighted by Gasteiger charge is -2.26. The third kappa shape index (κ3) is 2.91. The SMILES string of the molecule is Cn1c(=O)c(C#N)c(N2C[C@H]3CN(c4ccc(F)cc4)C[C@@H]3C2)c2nc(Cl)ccc21. The molecule has 152 valence electrons. The highest BCUT2D eigenvalue weighted by molar-refractivity contribution is 6.29. The highest BCUT2D eigenvalue weighted by Gasteiger charge is 2.41. The van der Waals surface area contributed by atoms with Gasteiger partial charge in [0.15, 0.2) is 0 Å². The first-order chi connectivity index (χ1) is 14.5. The Morgan fingerprint density at radius 3 is 2.33 bits per heavy atom. The summed E-state index contributed by atoms with van der Waals surface area (Å²) < 4.78 is 14.7. The highest BCUT2D eigenvalue weighted by atomic mass is 35.5. The van der Waals surface area contributed by atoms with Crippen molar-refractivity contribution in [2.75, 3.05) is 36.0 Å². The molecule has 30 heavy (non-hydrogen) atoms. The first-order valence-corrected chi connectivity index (χ1v) is 10.2. The molecular formula is C22H19ClFN5O. The lowest BCUT2D eigenvalue weighted by molar-refractivity contribution is 0.533. The fourth-order valence-corrected chi connectivity index (χ4v) is 4.96. The molecule has 0 aliphatic carbocycles. The number of aryl methyl sites for hydroxylation is 1. The van der Waals surface area contributed by atoms with Crippen LogP contribution in [0.25, 0.3) is 11.0 Å². The van der Waals surface area contributed by atoms with Gasteiger partial charge in [-0.05, 0) is 36.4 Å². The van der Waals surface area contributed by atoms with Gasteiger partial charge in [-0.25, -0.2) is 9.37 Å². The number of halogens is 2. The molecule has 0 bridgehead atoms. The smallest absolute Gasteiger partial charge is 0.270 e. The van der Waals surface area contributed by atoms with Crippen LogP contribution in [-0.4, -0.2) is 35.7 Å². The summed E-state index contributed by atoms with van der Waals surface area (Å²) in [7, 11) is 1.64. The monoisotopic (exact) mass is 423 g/mol. The van der Waals surface area contributed by atoms with Crippen LogP contribution in [0.5, 0.6) is 0 Å². The number of nitrogens with zero attached hydrogens (tertiary/aromatic N) is 5. The van der Waals surface area contributed by atoms with Crippen LogP contribution in [0.2, 0.25) is 5.15 Å². The minimum absolute atomic E-state index is 0.107. The molecule has 0 spiro atoms. The number of nitriles is 1. The number of fused-ring (bicyclic) bond motifs is 2. The van der Waals surface area contributed by atoms with Gasteiger partial charge in [-0.15, -0.1) is 0 Å². The molecule has 8 heteroatoms. The van der Waals surface area contributed by atoms with E-state index in [0.29, 0.717) is 33.7 Å². The Kier molecular flexibility index (Phi) is 4.40. The molecule has 0 saturated carbocycles.